The summed E-state index contributed by atoms with van der Waals surface area (Å²) in [5.74, 6) is 0.115. The number of aryl methyl sites for hydroxylation is 1. The maximum absolute atomic E-state index is 11.5. The lowest BCUT2D eigenvalue weighted by Gasteiger charge is -2.19. The number of nitrogens with zero attached hydrogens (tertiary/aromatic N) is 1. The molecule has 0 aliphatic carbocycles. The summed E-state index contributed by atoms with van der Waals surface area (Å²) in [6.07, 6.45) is 0. The lowest BCUT2D eigenvalue weighted by atomic mass is 10.2. The normalized spacial score (nSPS) is 11.4. The average Bonchev–Trinajstić information content (AvgIpc) is 2.24. The summed E-state index contributed by atoms with van der Waals surface area (Å²) in [6, 6.07) is 0. The average molecular weight is 270 g/mol. The van der Waals surface area contributed by atoms with E-state index in [9.17, 15) is 4.79 Å². The third-order valence-electron chi connectivity index (χ3n) is 2.19. The van der Waals surface area contributed by atoms with Gasteiger partial charge in [0.05, 0.1) is 12.7 Å². The zero-order valence-corrected chi connectivity index (χ0v) is 12.1. The third kappa shape index (κ3) is 3.89. The van der Waals surface area contributed by atoms with Gasteiger partial charge in [0.25, 0.3) is 0 Å². The summed E-state index contributed by atoms with van der Waals surface area (Å²) in [4.78, 5) is 18.6. The molecule has 0 amide bonds. The van der Waals surface area contributed by atoms with Crippen molar-refractivity contribution in [2.75, 3.05) is 7.11 Å². The van der Waals surface area contributed by atoms with Gasteiger partial charge >= 0.3 is 5.97 Å². The minimum absolute atomic E-state index is 0.227. The first-order valence-corrected chi connectivity index (χ1v) is 5.97. The van der Waals surface area contributed by atoms with Crippen molar-refractivity contribution in [2.24, 2.45) is 0 Å². The largest absolute Gasteiger partial charge is 0.465 e. The Morgan fingerprint density at radius 1 is 1.44 bits per heavy atom. The van der Waals surface area contributed by atoms with E-state index in [0.717, 1.165) is 0 Å². The Morgan fingerprint density at radius 2 is 2.06 bits per heavy atom. The quantitative estimate of drug-likeness (QED) is 0.675. The van der Waals surface area contributed by atoms with Crippen LogP contribution in [0.4, 0.5) is 0 Å². The van der Waals surface area contributed by atoms with Gasteiger partial charge in [-0.2, -0.15) is 0 Å². The van der Waals surface area contributed by atoms with Gasteiger partial charge in [0.15, 0.2) is 0 Å². The van der Waals surface area contributed by atoms with E-state index < -0.39 is 5.97 Å². The van der Waals surface area contributed by atoms with Gasteiger partial charge in [0.2, 0.25) is 0 Å². The number of hydrogen-bond donors (Lipinski definition) is 1. The predicted molar refractivity (Wildman–Crippen MR) is 70.0 cm³/mol. The van der Waals surface area contributed by atoms with Crippen LogP contribution in [0.1, 0.15) is 42.6 Å². The van der Waals surface area contributed by atoms with Crippen molar-refractivity contribution in [3.8, 4) is 0 Å². The van der Waals surface area contributed by atoms with Crippen LogP contribution in [-0.2, 0) is 16.1 Å². The Balaban J connectivity index is 3.00. The van der Waals surface area contributed by atoms with Crippen LogP contribution in [0.3, 0.4) is 0 Å². The van der Waals surface area contributed by atoms with Gasteiger partial charge in [-0.25, -0.2) is 9.78 Å². The van der Waals surface area contributed by atoms with Crippen LogP contribution in [0, 0.1) is 11.6 Å². The number of carbonyl (C=O) groups is 1. The molecule has 0 unspecified atom stereocenters. The van der Waals surface area contributed by atoms with Gasteiger partial charge in [-0.15, -0.1) is 0 Å². The van der Waals surface area contributed by atoms with Crippen molar-refractivity contribution in [3.63, 3.8) is 0 Å². The second-order valence-electron chi connectivity index (χ2n) is 4.88. The van der Waals surface area contributed by atoms with Crippen LogP contribution < -0.4 is 0 Å². The van der Waals surface area contributed by atoms with E-state index in [2.05, 4.69) is 14.7 Å². The summed E-state index contributed by atoms with van der Waals surface area (Å²) < 4.78 is 10.5. The molecule has 0 saturated heterocycles. The monoisotopic (exact) mass is 270 g/mol. The second kappa shape index (κ2) is 5.58. The molecule has 1 N–H and O–H groups in total. The molecule has 1 rings (SSSR count). The first kappa shape index (κ1) is 14.8. The molecule has 1 aromatic rings. The van der Waals surface area contributed by atoms with Crippen molar-refractivity contribution in [3.05, 3.63) is 21.7 Å². The number of aromatic nitrogens is 2. The Morgan fingerprint density at radius 3 is 2.50 bits per heavy atom. The lowest BCUT2D eigenvalue weighted by molar-refractivity contribution is -0.0182. The highest BCUT2D eigenvalue weighted by Gasteiger charge is 2.16. The number of esters is 1. The number of nitrogens with one attached hydrogen (secondary N) is 1. The van der Waals surface area contributed by atoms with E-state index >= 15 is 0 Å². The first-order valence-electron chi connectivity index (χ1n) is 5.56. The van der Waals surface area contributed by atoms with Crippen molar-refractivity contribution < 1.29 is 14.3 Å². The van der Waals surface area contributed by atoms with Gasteiger partial charge in [0.1, 0.15) is 22.6 Å². The SMILES string of the molecule is COC(=O)c1c(C)[nH]c(COC(C)(C)C)nc1=S. The lowest BCUT2D eigenvalue weighted by Crippen LogP contribution is -2.20. The molecule has 100 valence electrons. The van der Waals surface area contributed by atoms with E-state index in [0.29, 0.717) is 23.7 Å². The number of H-pyrrole nitrogens is 1. The molecule has 0 bridgehead atoms. The standard InChI is InChI=1S/C12H18N2O3S/c1-7-9(11(15)16-5)10(18)14-8(13-7)6-17-12(2,3)4/h6H2,1-5H3,(H,13,14,18). The minimum Gasteiger partial charge on any atom is -0.465 e. The fraction of sp³-hybridized carbons (Fsp3) is 0.583. The van der Waals surface area contributed by atoms with E-state index in [-0.39, 0.29) is 10.2 Å². The summed E-state index contributed by atoms with van der Waals surface area (Å²) in [6.45, 7) is 7.94. The molecule has 18 heavy (non-hydrogen) atoms. The fourth-order valence-electron chi connectivity index (χ4n) is 1.34. The molecule has 0 saturated carbocycles. The predicted octanol–water partition coefficient (Wildman–Crippen LogP) is 2.55. The number of carbonyl (C=O) groups excluding carboxylic acids is 1. The number of rotatable bonds is 3. The molecule has 0 spiro atoms. The molecule has 0 atom stereocenters. The Labute approximate surface area is 112 Å². The Kier molecular flexibility index (Phi) is 4.59. The highest BCUT2D eigenvalue weighted by molar-refractivity contribution is 7.71. The van der Waals surface area contributed by atoms with E-state index in [4.69, 9.17) is 17.0 Å². The van der Waals surface area contributed by atoms with E-state index in [1.165, 1.54) is 7.11 Å². The number of methoxy groups -OCH3 is 1. The molecule has 1 heterocycles. The van der Waals surface area contributed by atoms with Crippen LogP contribution in [0.2, 0.25) is 0 Å². The third-order valence-corrected chi connectivity index (χ3v) is 2.48. The van der Waals surface area contributed by atoms with Crippen molar-refractivity contribution in [1.29, 1.82) is 0 Å². The van der Waals surface area contributed by atoms with Gasteiger partial charge in [-0.05, 0) is 27.7 Å². The van der Waals surface area contributed by atoms with Gasteiger partial charge in [-0.3, -0.25) is 0 Å². The van der Waals surface area contributed by atoms with Gasteiger partial charge < -0.3 is 14.5 Å². The highest BCUT2D eigenvalue weighted by Crippen LogP contribution is 2.12. The molecule has 0 aliphatic heterocycles. The molecule has 0 fully saturated rings. The highest BCUT2D eigenvalue weighted by atomic mass is 32.1. The maximum Gasteiger partial charge on any atom is 0.342 e. The second-order valence-corrected chi connectivity index (χ2v) is 5.27. The molecular weight excluding hydrogens is 252 g/mol. The van der Waals surface area contributed by atoms with E-state index in [1.54, 1.807) is 6.92 Å². The Bertz CT molecular complexity index is 503. The minimum atomic E-state index is -0.482. The molecular formula is C12H18N2O3S. The van der Waals surface area contributed by atoms with Gasteiger partial charge in [-0.1, -0.05) is 12.2 Å². The zero-order chi connectivity index (χ0) is 13.9. The summed E-state index contributed by atoms with van der Waals surface area (Å²) in [5.41, 5.74) is 0.674. The maximum atomic E-state index is 11.5. The first-order chi connectivity index (χ1) is 8.24. The van der Waals surface area contributed by atoms with E-state index in [1.807, 2.05) is 20.8 Å². The summed E-state index contributed by atoms with van der Waals surface area (Å²) >= 11 is 5.09. The number of hydrogen-bond acceptors (Lipinski definition) is 5. The van der Waals surface area contributed by atoms with Crippen LogP contribution in [-0.4, -0.2) is 28.6 Å². The Hall–Kier alpha value is -1.27. The molecule has 0 radical (unpaired) electrons. The number of aromatic amines is 1. The number of ether oxygens (including phenoxy) is 2. The van der Waals surface area contributed by atoms with Crippen molar-refractivity contribution in [1.82, 2.24) is 9.97 Å². The van der Waals surface area contributed by atoms with Crippen LogP contribution in [0.15, 0.2) is 0 Å². The molecule has 6 heteroatoms. The molecule has 5 nitrogen and oxygen atoms in total. The topological polar surface area (TPSA) is 64.2 Å². The molecule has 0 aliphatic rings. The summed E-state index contributed by atoms with van der Waals surface area (Å²) in [7, 11) is 1.31. The van der Waals surface area contributed by atoms with Gasteiger partial charge in [0, 0.05) is 5.69 Å². The van der Waals surface area contributed by atoms with Crippen LogP contribution in [0.5, 0.6) is 0 Å². The molecule has 1 aromatic heterocycles. The smallest absolute Gasteiger partial charge is 0.342 e. The van der Waals surface area contributed by atoms with Crippen LogP contribution >= 0.6 is 12.2 Å². The van der Waals surface area contributed by atoms with Crippen molar-refractivity contribution in [2.45, 2.75) is 39.9 Å². The fourth-order valence-corrected chi connectivity index (χ4v) is 1.69. The van der Waals surface area contributed by atoms with Crippen LogP contribution in [0.25, 0.3) is 0 Å². The zero-order valence-electron chi connectivity index (χ0n) is 11.3. The molecule has 0 aromatic carbocycles. The summed E-state index contributed by atoms with van der Waals surface area (Å²) in [5, 5.41) is 0. The van der Waals surface area contributed by atoms with Crippen molar-refractivity contribution >= 4 is 18.2 Å².